The van der Waals surface area contributed by atoms with E-state index in [4.69, 9.17) is 0 Å². The van der Waals surface area contributed by atoms with E-state index in [0.717, 1.165) is 31.5 Å². The van der Waals surface area contributed by atoms with Crippen molar-refractivity contribution in [2.45, 2.75) is 31.6 Å². The van der Waals surface area contributed by atoms with Crippen molar-refractivity contribution in [2.75, 3.05) is 13.1 Å². The molecule has 3 heteroatoms. The molecule has 0 spiro atoms. The van der Waals surface area contributed by atoms with Crippen LogP contribution in [0.3, 0.4) is 0 Å². The lowest BCUT2D eigenvalue weighted by atomic mass is 9.97. The number of amides is 1. The summed E-state index contributed by atoms with van der Waals surface area (Å²) < 4.78 is 0. The number of hydrogen-bond donors (Lipinski definition) is 0. The normalized spacial score (nSPS) is 29.6. The van der Waals surface area contributed by atoms with E-state index >= 15 is 0 Å². The summed E-state index contributed by atoms with van der Waals surface area (Å²) in [6.45, 7) is 1.65. The summed E-state index contributed by atoms with van der Waals surface area (Å²) in [4.78, 5) is 14.5. The van der Waals surface area contributed by atoms with Crippen LogP contribution in [0.2, 0.25) is 0 Å². The van der Waals surface area contributed by atoms with Crippen molar-refractivity contribution < 1.29 is 4.79 Å². The largest absolute Gasteiger partial charge is 0.341 e. The van der Waals surface area contributed by atoms with Crippen molar-refractivity contribution in [1.82, 2.24) is 4.90 Å². The van der Waals surface area contributed by atoms with Crippen LogP contribution >= 0.6 is 0 Å². The number of rotatable bonds is 2. The Morgan fingerprint density at radius 3 is 2.53 bits per heavy atom. The quantitative estimate of drug-likeness (QED) is 0.814. The van der Waals surface area contributed by atoms with E-state index in [1.807, 2.05) is 35.2 Å². The van der Waals surface area contributed by atoms with E-state index in [1.165, 1.54) is 6.42 Å². The van der Waals surface area contributed by atoms with Crippen LogP contribution in [0.4, 0.5) is 0 Å². The monoisotopic (exact) mass is 254 g/mol. The zero-order valence-corrected chi connectivity index (χ0v) is 11.0. The van der Waals surface area contributed by atoms with Gasteiger partial charge in [-0.2, -0.15) is 5.26 Å². The standard InChI is InChI=1S/C16H18N2O/c17-12-16(15(19)18-9-5-2-6-10-18)11-14(16)13-7-3-1-4-8-13/h1,3-4,7-8,14H,2,5-6,9-11H2/t14-,16-/m1/s1. The van der Waals surface area contributed by atoms with E-state index in [1.54, 1.807) is 0 Å². The molecule has 3 nitrogen and oxygen atoms in total. The molecule has 0 bridgehead atoms. The van der Waals surface area contributed by atoms with Crippen LogP contribution in [0.5, 0.6) is 0 Å². The number of benzene rings is 1. The average Bonchev–Trinajstić information content (AvgIpc) is 3.24. The third-order valence-corrected chi connectivity index (χ3v) is 4.39. The van der Waals surface area contributed by atoms with E-state index in [2.05, 4.69) is 6.07 Å². The summed E-state index contributed by atoms with van der Waals surface area (Å²) >= 11 is 0. The molecule has 0 radical (unpaired) electrons. The molecule has 1 saturated carbocycles. The molecule has 1 heterocycles. The van der Waals surface area contributed by atoms with Crippen molar-refractivity contribution in [2.24, 2.45) is 5.41 Å². The van der Waals surface area contributed by atoms with Gasteiger partial charge in [-0.25, -0.2) is 0 Å². The third kappa shape index (κ3) is 2.02. The lowest BCUT2D eigenvalue weighted by molar-refractivity contribution is -0.136. The number of hydrogen-bond acceptors (Lipinski definition) is 2. The van der Waals surface area contributed by atoms with Crippen LogP contribution in [-0.2, 0) is 4.79 Å². The van der Waals surface area contributed by atoms with E-state index < -0.39 is 5.41 Å². The molecule has 0 N–H and O–H groups in total. The lowest BCUT2D eigenvalue weighted by Gasteiger charge is -2.28. The van der Waals surface area contributed by atoms with Gasteiger partial charge in [-0.1, -0.05) is 30.3 Å². The van der Waals surface area contributed by atoms with E-state index in [9.17, 15) is 10.1 Å². The molecule has 1 aromatic rings. The number of likely N-dealkylation sites (tertiary alicyclic amines) is 1. The Hall–Kier alpha value is -1.82. The van der Waals surface area contributed by atoms with Gasteiger partial charge in [-0.15, -0.1) is 0 Å². The van der Waals surface area contributed by atoms with Gasteiger partial charge in [-0.3, -0.25) is 4.79 Å². The third-order valence-electron chi connectivity index (χ3n) is 4.39. The Labute approximate surface area is 113 Å². The van der Waals surface area contributed by atoms with Crippen LogP contribution in [0.1, 0.15) is 37.2 Å². The fraction of sp³-hybridized carbons (Fsp3) is 0.500. The van der Waals surface area contributed by atoms with Crippen molar-refractivity contribution in [1.29, 1.82) is 5.26 Å². The number of carbonyl (C=O) groups is 1. The molecular weight excluding hydrogens is 236 g/mol. The number of piperidine rings is 1. The first kappa shape index (κ1) is 12.2. The zero-order valence-electron chi connectivity index (χ0n) is 11.0. The lowest BCUT2D eigenvalue weighted by Crippen LogP contribution is -2.40. The molecule has 1 amide bonds. The summed E-state index contributed by atoms with van der Waals surface area (Å²) in [5, 5.41) is 9.49. The zero-order chi connectivity index (χ0) is 13.3. The van der Waals surface area contributed by atoms with Crippen molar-refractivity contribution in [3.63, 3.8) is 0 Å². The maximum absolute atomic E-state index is 12.6. The molecule has 1 aliphatic carbocycles. The Kier molecular flexibility index (Phi) is 3.02. The van der Waals surface area contributed by atoms with Crippen molar-refractivity contribution in [3.05, 3.63) is 35.9 Å². The molecule has 0 aromatic heterocycles. The highest BCUT2D eigenvalue weighted by Crippen LogP contribution is 2.60. The minimum absolute atomic E-state index is 0.0588. The molecule has 3 rings (SSSR count). The Bertz CT molecular complexity index is 513. The number of carbonyl (C=O) groups excluding carboxylic acids is 1. The molecule has 1 aliphatic heterocycles. The second-order valence-corrected chi connectivity index (χ2v) is 5.60. The predicted molar refractivity (Wildman–Crippen MR) is 72.3 cm³/mol. The second-order valence-electron chi connectivity index (χ2n) is 5.60. The highest BCUT2D eigenvalue weighted by Gasteiger charge is 2.62. The summed E-state index contributed by atoms with van der Waals surface area (Å²) in [6, 6.07) is 12.3. The van der Waals surface area contributed by atoms with Crippen LogP contribution in [0, 0.1) is 16.7 Å². The van der Waals surface area contributed by atoms with Crippen LogP contribution in [0.15, 0.2) is 30.3 Å². The summed E-state index contributed by atoms with van der Waals surface area (Å²) in [5.41, 5.74) is 0.341. The van der Waals surface area contributed by atoms with Gasteiger partial charge >= 0.3 is 0 Å². The molecule has 98 valence electrons. The topological polar surface area (TPSA) is 44.1 Å². The average molecular weight is 254 g/mol. The Morgan fingerprint density at radius 2 is 1.89 bits per heavy atom. The molecule has 19 heavy (non-hydrogen) atoms. The SMILES string of the molecule is N#C[C@]1(C(=O)N2CCCCC2)C[C@@H]1c1ccccc1. The first-order chi connectivity index (χ1) is 9.28. The van der Waals surface area contributed by atoms with E-state index in [-0.39, 0.29) is 11.8 Å². The Morgan fingerprint density at radius 1 is 1.21 bits per heavy atom. The molecule has 2 atom stereocenters. The van der Waals surface area contributed by atoms with Gasteiger partial charge in [0.15, 0.2) is 0 Å². The van der Waals surface area contributed by atoms with E-state index in [0.29, 0.717) is 6.42 Å². The second kappa shape index (κ2) is 4.70. The van der Waals surface area contributed by atoms with Gasteiger partial charge in [0.1, 0.15) is 5.41 Å². The van der Waals surface area contributed by atoms with Gasteiger partial charge in [0.25, 0.3) is 0 Å². The fourth-order valence-corrected chi connectivity index (χ4v) is 3.14. The van der Waals surface area contributed by atoms with Gasteiger partial charge in [0.05, 0.1) is 6.07 Å². The van der Waals surface area contributed by atoms with Gasteiger partial charge < -0.3 is 4.90 Å². The summed E-state index contributed by atoms with van der Waals surface area (Å²) in [5.74, 6) is 0.150. The first-order valence-electron chi connectivity index (χ1n) is 7.03. The summed E-state index contributed by atoms with van der Waals surface area (Å²) in [7, 11) is 0. The number of nitriles is 1. The van der Waals surface area contributed by atoms with Crippen molar-refractivity contribution >= 4 is 5.91 Å². The first-order valence-corrected chi connectivity index (χ1v) is 7.03. The minimum Gasteiger partial charge on any atom is -0.341 e. The van der Waals surface area contributed by atoms with Gasteiger partial charge in [0, 0.05) is 19.0 Å². The molecule has 2 fully saturated rings. The van der Waals surface area contributed by atoms with Crippen LogP contribution < -0.4 is 0 Å². The summed E-state index contributed by atoms with van der Waals surface area (Å²) in [6.07, 6.45) is 4.03. The predicted octanol–water partition coefficient (Wildman–Crippen LogP) is 2.70. The maximum atomic E-state index is 12.6. The molecule has 1 saturated heterocycles. The highest BCUT2D eigenvalue weighted by atomic mass is 16.2. The van der Waals surface area contributed by atoms with Crippen LogP contribution in [0.25, 0.3) is 0 Å². The highest BCUT2D eigenvalue weighted by molar-refractivity contribution is 5.90. The fourth-order valence-electron chi connectivity index (χ4n) is 3.14. The molecule has 0 unspecified atom stereocenters. The van der Waals surface area contributed by atoms with Crippen molar-refractivity contribution in [3.8, 4) is 6.07 Å². The maximum Gasteiger partial charge on any atom is 0.243 e. The smallest absolute Gasteiger partial charge is 0.243 e. The number of nitrogens with zero attached hydrogens (tertiary/aromatic N) is 2. The Balaban J connectivity index is 1.79. The van der Waals surface area contributed by atoms with Gasteiger partial charge in [-0.05, 0) is 31.2 Å². The van der Waals surface area contributed by atoms with Gasteiger partial charge in [0.2, 0.25) is 5.91 Å². The molecule has 1 aromatic carbocycles. The molecular formula is C16H18N2O. The molecule has 2 aliphatic rings. The van der Waals surface area contributed by atoms with Crippen LogP contribution in [-0.4, -0.2) is 23.9 Å². The minimum atomic E-state index is -0.779.